The first kappa shape index (κ1) is 23.3. The summed E-state index contributed by atoms with van der Waals surface area (Å²) >= 11 is 0. The molecular formula is C21H46N3+. The second-order valence-electron chi connectivity index (χ2n) is 6.99. The van der Waals surface area contributed by atoms with Gasteiger partial charge in [-0.1, -0.05) is 66.7 Å². The molecule has 0 aromatic carbocycles. The highest BCUT2D eigenvalue weighted by Crippen LogP contribution is 2.03. The van der Waals surface area contributed by atoms with E-state index >= 15 is 0 Å². The average Bonchev–Trinajstić information content (AvgIpc) is 2.60. The van der Waals surface area contributed by atoms with E-state index in [2.05, 4.69) is 49.4 Å². The molecule has 144 valence electrons. The molecule has 0 amide bonds. The van der Waals surface area contributed by atoms with Crippen LogP contribution in [-0.4, -0.2) is 48.2 Å². The number of unbranched alkanes of at least 4 members (excludes halogenated alkanes) is 5. The van der Waals surface area contributed by atoms with E-state index in [0.717, 1.165) is 6.54 Å². The Morgan fingerprint density at radius 2 is 1.12 bits per heavy atom. The van der Waals surface area contributed by atoms with Gasteiger partial charge in [0.2, 0.25) is 0 Å². The Morgan fingerprint density at radius 1 is 0.667 bits per heavy atom. The van der Waals surface area contributed by atoms with Gasteiger partial charge in [0.25, 0.3) is 0 Å². The monoisotopic (exact) mass is 340 g/mol. The van der Waals surface area contributed by atoms with Crippen molar-refractivity contribution in [2.75, 3.05) is 32.7 Å². The highest BCUT2D eigenvalue weighted by atomic mass is 15.3. The van der Waals surface area contributed by atoms with Crippen LogP contribution in [0.2, 0.25) is 0 Å². The van der Waals surface area contributed by atoms with E-state index in [1.165, 1.54) is 96.3 Å². The van der Waals surface area contributed by atoms with Crippen molar-refractivity contribution in [1.29, 1.82) is 0 Å². The molecule has 0 aliphatic carbocycles. The molecule has 0 heterocycles. The van der Waals surface area contributed by atoms with Crippen LogP contribution in [0.3, 0.4) is 0 Å². The van der Waals surface area contributed by atoms with Gasteiger partial charge in [-0.15, -0.1) is 0 Å². The van der Waals surface area contributed by atoms with Crippen LogP contribution in [0.5, 0.6) is 0 Å². The van der Waals surface area contributed by atoms with Gasteiger partial charge < -0.3 is 0 Å². The van der Waals surface area contributed by atoms with Crippen molar-refractivity contribution >= 4 is 5.96 Å². The lowest BCUT2D eigenvalue weighted by Gasteiger charge is -2.24. The Morgan fingerprint density at radius 3 is 1.54 bits per heavy atom. The van der Waals surface area contributed by atoms with Crippen LogP contribution >= 0.6 is 0 Å². The van der Waals surface area contributed by atoms with Gasteiger partial charge in [-0.05, 0) is 32.1 Å². The topological polar surface area (TPSA) is 18.3 Å². The summed E-state index contributed by atoms with van der Waals surface area (Å²) in [5.41, 5.74) is 0. The van der Waals surface area contributed by atoms with Crippen LogP contribution in [0, 0.1) is 0 Å². The van der Waals surface area contributed by atoms with Crippen LogP contribution in [0.15, 0.2) is 0 Å². The normalized spacial score (nSPS) is 10.7. The standard InChI is InChI=1S/C21H45N3/c1-6-11-16-22-21(23(17-12-7-2)18-13-8-3)24(19-14-9-4)20-15-10-5/h6-20H2,1-5H3/p+1. The Hall–Kier alpha value is -0.730. The summed E-state index contributed by atoms with van der Waals surface area (Å²) in [5.74, 6) is 1.42. The molecule has 0 aromatic heterocycles. The molecule has 0 saturated heterocycles. The van der Waals surface area contributed by atoms with E-state index in [1.54, 1.807) is 0 Å². The smallest absolute Gasteiger partial charge is 0.278 e. The first-order valence-electron chi connectivity index (χ1n) is 10.9. The molecule has 0 atom stereocenters. The number of nitrogens with zero attached hydrogens (tertiary/aromatic N) is 2. The van der Waals surface area contributed by atoms with Crippen molar-refractivity contribution in [3.63, 3.8) is 0 Å². The fraction of sp³-hybridized carbons (Fsp3) is 0.952. The van der Waals surface area contributed by atoms with Gasteiger partial charge in [-0.25, -0.2) is 0 Å². The zero-order valence-electron chi connectivity index (χ0n) is 17.5. The van der Waals surface area contributed by atoms with E-state index < -0.39 is 0 Å². The maximum Gasteiger partial charge on any atom is 0.348 e. The van der Waals surface area contributed by atoms with Crippen LogP contribution in [0.4, 0.5) is 0 Å². The minimum atomic E-state index is 1.11. The van der Waals surface area contributed by atoms with E-state index in [0.29, 0.717) is 0 Å². The molecule has 0 spiro atoms. The summed E-state index contributed by atoms with van der Waals surface area (Å²) in [6, 6.07) is 0. The van der Waals surface area contributed by atoms with Crippen molar-refractivity contribution < 1.29 is 4.58 Å². The van der Waals surface area contributed by atoms with Gasteiger partial charge in [0.15, 0.2) is 0 Å². The molecule has 0 aliphatic heterocycles. The number of rotatable bonds is 15. The van der Waals surface area contributed by atoms with E-state index in [4.69, 9.17) is 0 Å². The second kappa shape index (κ2) is 17.1. The van der Waals surface area contributed by atoms with Gasteiger partial charge in [-0.3, -0.25) is 14.8 Å². The van der Waals surface area contributed by atoms with Gasteiger partial charge in [0.05, 0.1) is 32.7 Å². The maximum atomic E-state index is 3.82. The van der Waals surface area contributed by atoms with Crippen molar-refractivity contribution in [2.24, 2.45) is 0 Å². The number of hydrogen-bond acceptors (Lipinski definition) is 0. The lowest BCUT2D eigenvalue weighted by atomic mass is 10.2. The second-order valence-corrected chi connectivity index (χ2v) is 6.99. The lowest BCUT2D eigenvalue weighted by Crippen LogP contribution is -2.49. The fourth-order valence-electron chi connectivity index (χ4n) is 2.84. The van der Waals surface area contributed by atoms with Crippen molar-refractivity contribution in [1.82, 2.24) is 10.2 Å². The van der Waals surface area contributed by atoms with Crippen molar-refractivity contribution in [2.45, 2.75) is 98.8 Å². The summed E-state index contributed by atoms with van der Waals surface area (Å²) in [6.45, 7) is 17.4. The summed E-state index contributed by atoms with van der Waals surface area (Å²) in [5, 5.41) is 3.82. The third-order valence-electron chi connectivity index (χ3n) is 4.54. The highest BCUT2D eigenvalue weighted by Gasteiger charge is 2.21. The minimum absolute atomic E-state index is 1.11. The SMILES string of the molecule is CCCCNC(N(CCCC)CCCC)=[N+](CCCC)CCCC. The molecule has 0 radical (unpaired) electrons. The van der Waals surface area contributed by atoms with Crippen LogP contribution in [-0.2, 0) is 0 Å². The summed E-state index contributed by atoms with van der Waals surface area (Å²) in [4.78, 5) is 2.65. The molecule has 3 heteroatoms. The third kappa shape index (κ3) is 10.9. The Labute approximate surface area is 152 Å². The van der Waals surface area contributed by atoms with Crippen molar-refractivity contribution in [3.05, 3.63) is 0 Å². The summed E-state index contributed by atoms with van der Waals surface area (Å²) in [6.07, 6.45) is 12.8. The van der Waals surface area contributed by atoms with Crippen molar-refractivity contribution in [3.8, 4) is 0 Å². The summed E-state index contributed by atoms with van der Waals surface area (Å²) < 4.78 is 2.65. The Bertz CT molecular complexity index is 281. The molecule has 0 rings (SSSR count). The van der Waals surface area contributed by atoms with E-state index in [9.17, 15) is 0 Å². The van der Waals surface area contributed by atoms with Crippen LogP contribution < -0.4 is 5.32 Å². The van der Waals surface area contributed by atoms with E-state index in [-0.39, 0.29) is 0 Å². The number of guanidine groups is 1. The van der Waals surface area contributed by atoms with Crippen LogP contribution in [0.25, 0.3) is 0 Å². The van der Waals surface area contributed by atoms with Gasteiger partial charge in [0.1, 0.15) is 0 Å². The molecule has 0 saturated carbocycles. The molecule has 0 fully saturated rings. The average molecular weight is 341 g/mol. The largest absolute Gasteiger partial charge is 0.348 e. The zero-order valence-corrected chi connectivity index (χ0v) is 17.5. The Kier molecular flexibility index (Phi) is 16.6. The molecule has 24 heavy (non-hydrogen) atoms. The Balaban J connectivity index is 5.31. The molecule has 0 aliphatic rings. The first-order chi connectivity index (χ1) is 11.7. The lowest BCUT2D eigenvalue weighted by molar-refractivity contribution is -0.536. The predicted molar refractivity (Wildman–Crippen MR) is 109 cm³/mol. The molecule has 0 bridgehead atoms. The zero-order chi connectivity index (χ0) is 18.0. The molecule has 1 N–H and O–H groups in total. The quantitative estimate of drug-likeness (QED) is 0.190. The first-order valence-corrected chi connectivity index (χ1v) is 10.9. The minimum Gasteiger partial charge on any atom is -0.278 e. The number of nitrogens with one attached hydrogen (secondary N) is 1. The number of hydrogen-bond donors (Lipinski definition) is 1. The predicted octanol–water partition coefficient (Wildman–Crippen LogP) is 5.25. The molecule has 3 nitrogen and oxygen atoms in total. The van der Waals surface area contributed by atoms with Gasteiger partial charge >= 0.3 is 5.96 Å². The maximum absolute atomic E-state index is 3.82. The molecule has 0 unspecified atom stereocenters. The van der Waals surface area contributed by atoms with E-state index in [1.807, 2.05) is 0 Å². The summed E-state index contributed by atoms with van der Waals surface area (Å²) in [7, 11) is 0. The molecule has 0 aromatic rings. The fourth-order valence-corrected chi connectivity index (χ4v) is 2.84. The van der Waals surface area contributed by atoms with Gasteiger partial charge in [0, 0.05) is 0 Å². The molecular weight excluding hydrogens is 294 g/mol. The van der Waals surface area contributed by atoms with Crippen LogP contribution in [0.1, 0.15) is 98.8 Å². The highest BCUT2D eigenvalue weighted by molar-refractivity contribution is 5.75. The third-order valence-corrected chi connectivity index (χ3v) is 4.54. The van der Waals surface area contributed by atoms with Gasteiger partial charge in [-0.2, -0.15) is 0 Å².